The summed E-state index contributed by atoms with van der Waals surface area (Å²) in [5.41, 5.74) is 5.26. The number of aryl methyl sites for hydroxylation is 1. The molecule has 0 atom stereocenters. The van der Waals surface area contributed by atoms with Gasteiger partial charge in [0.2, 0.25) is 0 Å². The van der Waals surface area contributed by atoms with Crippen molar-refractivity contribution in [1.29, 1.82) is 0 Å². The highest BCUT2D eigenvalue weighted by Crippen LogP contribution is 2.28. The summed E-state index contributed by atoms with van der Waals surface area (Å²) in [5, 5.41) is 3.30. The number of hydrogen-bond acceptors (Lipinski definition) is 4. The van der Waals surface area contributed by atoms with Gasteiger partial charge in [0.15, 0.2) is 0 Å². The summed E-state index contributed by atoms with van der Waals surface area (Å²) >= 11 is 5.94. The zero-order chi connectivity index (χ0) is 15.4. The zero-order valence-corrected chi connectivity index (χ0v) is 12.5. The van der Waals surface area contributed by atoms with Crippen LogP contribution in [0.3, 0.4) is 0 Å². The van der Waals surface area contributed by atoms with Gasteiger partial charge < -0.3 is 15.5 Å². The van der Waals surface area contributed by atoms with Gasteiger partial charge >= 0.3 is 0 Å². The van der Waals surface area contributed by atoms with Crippen LogP contribution >= 0.6 is 11.6 Å². The van der Waals surface area contributed by atoms with Crippen LogP contribution in [0.1, 0.15) is 15.9 Å². The molecule has 2 aromatic carbocycles. The summed E-state index contributed by atoms with van der Waals surface area (Å²) in [5.74, 6) is 5.67. The Morgan fingerprint density at radius 1 is 1.19 bits per heavy atom. The van der Waals surface area contributed by atoms with E-state index in [1.54, 1.807) is 36.4 Å². The topological polar surface area (TPSA) is 76.4 Å². The Balaban J connectivity index is 2.26. The number of carbonyl (C=O) groups excluding carboxylic acids is 1. The lowest BCUT2D eigenvalue weighted by Crippen LogP contribution is -2.14. The van der Waals surface area contributed by atoms with Gasteiger partial charge in [-0.25, -0.2) is 0 Å². The number of ether oxygens (including phenoxy) is 1. The standard InChI is InChI=1S/C15H16ClN3O2/c1-9-7-10(3-5-12(9)19-17)15(20)18-13-8-11(16)4-6-14(13)21-2/h3-8,19H,17H2,1-2H3,(H,18,20). The van der Waals surface area contributed by atoms with E-state index in [1.807, 2.05) is 6.92 Å². The van der Waals surface area contributed by atoms with Crippen LogP contribution in [0.4, 0.5) is 11.4 Å². The SMILES string of the molecule is COc1ccc(Cl)cc1NC(=O)c1ccc(NN)c(C)c1. The average Bonchev–Trinajstić information content (AvgIpc) is 2.47. The Hall–Kier alpha value is -2.24. The van der Waals surface area contributed by atoms with E-state index in [0.717, 1.165) is 11.3 Å². The highest BCUT2D eigenvalue weighted by molar-refractivity contribution is 6.31. The zero-order valence-electron chi connectivity index (χ0n) is 11.7. The molecule has 0 aliphatic carbocycles. The van der Waals surface area contributed by atoms with Crippen molar-refractivity contribution in [2.75, 3.05) is 17.9 Å². The summed E-state index contributed by atoms with van der Waals surface area (Å²) in [4.78, 5) is 12.3. The summed E-state index contributed by atoms with van der Waals surface area (Å²) in [6.45, 7) is 1.87. The Kier molecular flexibility index (Phi) is 4.67. The van der Waals surface area contributed by atoms with Crippen molar-refractivity contribution in [3.8, 4) is 5.75 Å². The minimum atomic E-state index is -0.248. The number of amides is 1. The number of nitrogens with one attached hydrogen (secondary N) is 2. The molecule has 0 aliphatic rings. The Morgan fingerprint density at radius 2 is 1.95 bits per heavy atom. The molecule has 0 saturated heterocycles. The maximum Gasteiger partial charge on any atom is 0.255 e. The molecule has 0 heterocycles. The lowest BCUT2D eigenvalue weighted by molar-refractivity contribution is 0.102. The molecule has 0 aliphatic heterocycles. The Labute approximate surface area is 128 Å². The Morgan fingerprint density at radius 3 is 2.57 bits per heavy atom. The van der Waals surface area contributed by atoms with Crippen LogP contribution in [0.15, 0.2) is 36.4 Å². The molecule has 0 saturated carbocycles. The maximum atomic E-state index is 12.3. The molecule has 1 amide bonds. The maximum absolute atomic E-state index is 12.3. The molecule has 0 spiro atoms. The number of nitrogens with two attached hydrogens (primary N) is 1. The van der Waals surface area contributed by atoms with Gasteiger partial charge in [-0.1, -0.05) is 11.6 Å². The number of benzene rings is 2. The van der Waals surface area contributed by atoms with Gasteiger partial charge in [0.1, 0.15) is 5.75 Å². The first kappa shape index (κ1) is 15.2. The van der Waals surface area contributed by atoms with E-state index in [2.05, 4.69) is 10.7 Å². The first-order valence-electron chi connectivity index (χ1n) is 6.27. The van der Waals surface area contributed by atoms with Gasteiger partial charge in [-0.3, -0.25) is 10.6 Å². The van der Waals surface area contributed by atoms with Crippen molar-refractivity contribution in [2.24, 2.45) is 5.84 Å². The third-order valence-electron chi connectivity index (χ3n) is 3.05. The number of carbonyl (C=O) groups is 1. The monoisotopic (exact) mass is 305 g/mol. The van der Waals surface area contributed by atoms with Crippen molar-refractivity contribution < 1.29 is 9.53 Å². The van der Waals surface area contributed by atoms with E-state index in [0.29, 0.717) is 22.0 Å². The van der Waals surface area contributed by atoms with Gasteiger partial charge in [-0.2, -0.15) is 0 Å². The number of anilines is 2. The Bertz CT molecular complexity index is 674. The fourth-order valence-electron chi connectivity index (χ4n) is 1.94. The van der Waals surface area contributed by atoms with Crippen LogP contribution in [0, 0.1) is 6.92 Å². The minimum absolute atomic E-state index is 0.248. The molecule has 21 heavy (non-hydrogen) atoms. The second-order valence-electron chi connectivity index (χ2n) is 4.47. The number of hydrazine groups is 1. The fourth-order valence-corrected chi connectivity index (χ4v) is 2.11. The lowest BCUT2D eigenvalue weighted by atomic mass is 10.1. The van der Waals surface area contributed by atoms with Gasteiger partial charge in [0.25, 0.3) is 5.91 Å². The van der Waals surface area contributed by atoms with Crippen LogP contribution in [-0.2, 0) is 0 Å². The van der Waals surface area contributed by atoms with E-state index in [4.69, 9.17) is 22.2 Å². The smallest absolute Gasteiger partial charge is 0.255 e. The van der Waals surface area contributed by atoms with Crippen molar-refractivity contribution >= 4 is 28.9 Å². The summed E-state index contributed by atoms with van der Waals surface area (Å²) < 4.78 is 5.20. The molecule has 0 unspecified atom stereocenters. The third-order valence-corrected chi connectivity index (χ3v) is 3.29. The van der Waals surface area contributed by atoms with E-state index >= 15 is 0 Å². The van der Waals surface area contributed by atoms with Gasteiger partial charge in [-0.05, 0) is 48.9 Å². The van der Waals surface area contributed by atoms with Gasteiger partial charge in [-0.15, -0.1) is 0 Å². The fraction of sp³-hybridized carbons (Fsp3) is 0.133. The van der Waals surface area contributed by atoms with Crippen molar-refractivity contribution in [1.82, 2.24) is 0 Å². The molecule has 2 rings (SSSR count). The summed E-state index contributed by atoms with van der Waals surface area (Å²) in [7, 11) is 1.53. The van der Waals surface area contributed by atoms with Crippen LogP contribution in [0.2, 0.25) is 5.02 Å². The highest BCUT2D eigenvalue weighted by atomic mass is 35.5. The molecular weight excluding hydrogens is 290 g/mol. The molecule has 6 heteroatoms. The molecule has 110 valence electrons. The van der Waals surface area contributed by atoms with Crippen molar-refractivity contribution in [2.45, 2.75) is 6.92 Å². The molecule has 0 fully saturated rings. The molecule has 0 aromatic heterocycles. The van der Waals surface area contributed by atoms with Crippen molar-refractivity contribution in [3.63, 3.8) is 0 Å². The van der Waals surface area contributed by atoms with E-state index in [1.165, 1.54) is 7.11 Å². The second kappa shape index (κ2) is 6.47. The number of hydrogen-bond donors (Lipinski definition) is 3. The predicted octanol–water partition coefficient (Wildman–Crippen LogP) is 3.19. The molecule has 4 N–H and O–H groups in total. The predicted molar refractivity (Wildman–Crippen MR) is 84.9 cm³/mol. The normalized spacial score (nSPS) is 10.1. The lowest BCUT2D eigenvalue weighted by Gasteiger charge is -2.12. The molecule has 5 nitrogen and oxygen atoms in total. The largest absolute Gasteiger partial charge is 0.495 e. The quantitative estimate of drug-likeness (QED) is 0.599. The van der Waals surface area contributed by atoms with Crippen LogP contribution in [0.5, 0.6) is 5.75 Å². The number of halogens is 1. The van der Waals surface area contributed by atoms with E-state index in [-0.39, 0.29) is 5.91 Å². The molecule has 0 radical (unpaired) electrons. The van der Waals surface area contributed by atoms with Crippen LogP contribution in [-0.4, -0.2) is 13.0 Å². The van der Waals surface area contributed by atoms with Gasteiger partial charge in [0.05, 0.1) is 18.5 Å². The van der Waals surface area contributed by atoms with Crippen LogP contribution in [0.25, 0.3) is 0 Å². The highest BCUT2D eigenvalue weighted by Gasteiger charge is 2.11. The molecule has 2 aromatic rings. The number of nitrogen functional groups attached to an aromatic ring is 1. The average molecular weight is 306 g/mol. The number of methoxy groups -OCH3 is 1. The van der Waals surface area contributed by atoms with Crippen molar-refractivity contribution in [3.05, 3.63) is 52.5 Å². The van der Waals surface area contributed by atoms with Crippen LogP contribution < -0.4 is 21.3 Å². The summed E-state index contributed by atoms with van der Waals surface area (Å²) in [6.07, 6.45) is 0. The van der Waals surface area contributed by atoms with E-state index < -0.39 is 0 Å². The second-order valence-corrected chi connectivity index (χ2v) is 4.91. The van der Waals surface area contributed by atoms with E-state index in [9.17, 15) is 4.79 Å². The molecule has 0 bridgehead atoms. The first-order chi connectivity index (χ1) is 10.0. The number of rotatable bonds is 4. The van der Waals surface area contributed by atoms with Gasteiger partial charge in [0, 0.05) is 10.6 Å². The third kappa shape index (κ3) is 3.45. The minimum Gasteiger partial charge on any atom is -0.495 e. The first-order valence-corrected chi connectivity index (χ1v) is 6.65. The molecular formula is C15H16ClN3O2. The summed E-state index contributed by atoms with van der Waals surface area (Å²) in [6, 6.07) is 10.2.